The molecule has 5 heterocycles. The van der Waals surface area contributed by atoms with Gasteiger partial charge in [0, 0.05) is 40.8 Å². The first-order valence-electron chi connectivity index (χ1n) is 8.58. The minimum Gasteiger partial charge on any atom is -0.478 e. The number of carboxylic acid groups (broad SMARTS) is 1. The van der Waals surface area contributed by atoms with Gasteiger partial charge in [0.2, 0.25) is 0 Å². The van der Waals surface area contributed by atoms with E-state index in [0.717, 1.165) is 23.0 Å². The number of allylic oxidation sites excluding steroid dienone is 6. The highest BCUT2D eigenvalue weighted by Crippen LogP contribution is 2.40. The third-order valence-electron chi connectivity index (χ3n) is 4.73. The smallest absolute Gasteiger partial charge is 0.337 e. The lowest BCUT2D eigenvalue weighted by atomic mass is 9.89. The Kier molecular flexibility index (Phi) is 5.22. The van der Waals surface area contributed by atoms with E-state index in [4.69, 9.17) is 4.55 Å². The van der Waals surface area contributed by atoms with Crippen molar-refractivity contribution in [2.24, 2.45) is 5.92 Å². The molecular weight excluding hydrogens is 396 g/mol. The van der Waals surface area contributed by atoms with Gasteiger partial charge in [-0.25, -0.2) is 4.79 Å². The summed E-state index contributed by atoms with van der Waals surface area (Å²) in [5.74, 6) is -0.413. The highest BCUT2D eigenvalue weighted by molar-refractivity contribution is 7.85. The van der Waals surface area contributed by atoms with Gasteiger partial charge in [0.25, 0.3) is 10.1 Å². The summed E-state index contributed by atoms with van der Waals surface area (Å²) in [4.78, 5) is 13.7. The SMILES string of the molecule is CS(=O)(=O)O.O.O=C(O)c1cn(C2=CC3=CC4C=CN3C(=C2)C4)c2ccccc12. The molecule has 8 nitrogen and oxygen atoms in total. The monoisotopic (exact) mass is 416 g/mol. The van der Waals surface area contributed by atoms with E-state index >= 15 is 0 Å². The van der Waals surface area contributed by atoms with E-state index in [9.17, 15) is 18.3 Å². The molecule has 0 radical (unpaired) electrons. The van der Waals surface area contributed by atoms with E-state index in [1.54, 1.807) is 6.20 Å². The van der Waals surface area contributed by atoms with Crippen LogP contribution >= 0.6 is 0 Å². The number of para-hydroxylation sites is 1. The maximum atomic E-state index is 11.5. The molecule has 152 valence electrons. The second-order valence-corrected chi connectivity index (χ2v) is 8.31. The number of carbonyl (C=O) groups is 1. The number of hydrogen-bond donors (Lipinski definition) is 2. The van der Waals surface area contributed by atoms with E-state index in [1.807, 2.05) is 28.8 Å². The topological polar surface area (TPSA) is 131 Å². The van der Waals surface area contributed by atoms with Gasteiger partial charge < -0.3 is 20.0 Å². The van der Waals surface area contributed by atoms with Crippen molar-refractivity contribution in [1.29, 1.82) is 0 Å². The Labute approximate surface area is 167 Å². The first-order valence-corrected chi connectivity index (χ1v) is 10.4. The van der Waals surface area contributed by atoms with Crippen molar-refractivity contribution < 1.29 is 28.3 Å². The van der Waals surface area contributed by atoms with E-state index < -0.39 is 16.1 Å². The van der Waals surface area contributed by atoms with Gasteiger partial charge >= 0.3 is 5.97 Å². The van der Waals surface area contributed by atoms with Crippen LogP contribution in [-0.2, 0) is 10.1 Å². The lowest BCUT2D eigenvalue weighted by molar-refractivity contribution is 0.0699. The summed E-state index contributed by atoms with van der Waals surface area (Å²) in [6, 6.07) is 7.64. The molecule has 0 aliphatic carbocycles. The third kappa shape index (κ3) is 4.02. The van der Waals surface area contributed by atoms with Crippen molar-refractivity contribution in [3.63, 3.8) is 0 Å². The molecular formula is C20H20N2O6S. The Morgan fingerprint density at radius 1 is 1.17 bits per heavy atom. The van der Waals surface area contributed by atoms with Crippen LogP contribution in [0.4, 0.5) is 0 Å². The van der Waals surface area contributed by atoms with Crippen LogP contribution in [0.25, 0.3) is 16.6 Å². The lowest BCUT2D eigenvalue weighted by Crippen LogP contribution is -2.29. The van der Waals surface area contributed by atoms with E-state index in [2.05, 4.69) is 35.4 Å². The average molecular weight is 416 g/mol. The summed E-state index contributed by atoms with van der Waals surface area (Å²) in [5.41, 5.74) is 4.71. The van der Waals surface area contributed by atoms with Crippen molar-refractivity contribution in [3.05, 3.63) is 77.9 Å². The van der Waals surface area contributed by atoms with Crippen LogP contribution in [0, 0.1) is 5.92 Å². The average Bonchev–Trinajstić information content (AvgIpc) is 3.00. The predicted molar refractivity (Wildman–Crippen MR) is 110 cm³/mol. The van der Waals surface area contributed by atoms with Gasteiger partial charge in [-0.15, -0.1) is 0 Å². The van der Waals surface area contributed by atoms with Crippen molar-refractivity contribution in [3.8, 4) is 0 Å². The second kappa shape index (κ2) is 7.36. The van der Waals surface area contributed by atoms with Gasteiger partial charge in [0.05, 0.1) is 17.3 Å². The summed E-state index contributed by atoms with van der Waals surface area (Å²) in [7, 11) is -3.67. The molecule has 1 aromatic carbocycles. The Hall–Kier alpha value is -3.14. The molecule has 4 aliphatic rings. The fourth-order valence-electron chi connectivity index (χ4n) is 3.68. The first-order chi connectivity index (χ1) is 13.2. The molecule has 2 aromatic rings. The van der Waals surface area contributed by atoms with Crippen molar-refractivity contribution in [1.82, 2.24) is 9.47 Å². The number of aromatic carboxylic acids is 1. The predicted octanol–water partition coefficient (Wildman–Crippen LogP) is 2.49. The fourth-order valence-corrected chi connectivity index (χ4v) is 3.68. The van der Waals surface area contributed by atoms with Crippen LogP contribution in [0.5, 0.6) is 0 Å². The van der Waals surface area contributed by atoms with E-state index in [0.29, 0.717) is 17.7 Å². The molecule has 0 fully saturated rings. The molecule has 1 atom stereocenters. The summed E-state index contributed by atoms with van der Waals surface area (Å²) >= 11 is 0. The van der Waals surface area contributed by atoms with Crippen molar-refractivity contribution in [2.45, 2.75) is 6.42 Å². The normalized spacial score (nSPS) is 18.9. The molecule has 0 saturated carbocycles. The molecule has 0 spiro atoms. The summed E-state index contributed by atoms with van der Waals surface area (Å²) in [5, 5.41) is 10.2. The first kappa shape index (κ1) is 20.6. The van der Waals surface area contributed by atoms with Gasteiger partial charge in [0.15, 0.2) is 0 Å². The van der Waals surface area contributed by atoms with Crippen LogP contribution in [0.3, 0.4) is 0 Å². The Bertz CT molecular complexity index is 1210. The highest BCUT2D eigenvalue weighted by Gasteiger charge is 2.29. The zero-order valence-corrected chi connectivity index (χ0v) is 16.3. The van der Waals surface area contributed by atoms with E-state index in [1.165, 1.54) is 11.4 Å². The van der Waals surface area contributed by atoms with Gasteiger partial charge in [-0.1, -0.05) is 30.4 Å². The fraction of sp³-hybridized carbons (Fsp3) is 0.150. The number of fused-ring (bicyclic) bond motifs is 1. The molecule has 0 amide bonds. The number of carboxylic acids is 1. The zero-order chi connectivity index (χ0) is 20.1. The summed E-state index contributed by atoms with van der Waals surface area (Å²) in [6.45, 7) is 0. The van der Waals surface area contributed by atoms with Crippen LogP contribution < -0.4 is 0 Å². The lowest BCUT2D eigenvalue weighted by Gasteiger charge is -2.39. The molecule has 1 unspecified atom stereocenters. The Morgan fingerprint density at radius 3 is 2.48 bits per heavy atom. The molecule has 4 N–H and O–H groups in total. The van der Waals surface area contributed by atoms with E-state index in [-0.39, 0.29) is 5.48 Å². The number of rotatable bonds is 2. The second-order valence-electron chi connectivity index (χ2n) is 6.84. The molecule has 4 aliphatic heterocycles. The van der Waals surface area contributed by atoms with Gasteiger partial charge in [-0.05, 0) is 24.6 Å². The molecule has 0 saturated heterocycles. The maximum absolute atomic E-state index is 11.5. The van der Waals surface area contributed by atoms with Crippen molar-refractivity contribution in [2.75, 3.05) is 6.26 Å². The number of hydrogen-bond acceptors (Lipinski definition) is 4. The highest BCUT2D eigenvalue weighted by atomic mass is 32.2. The van der Waals surface area contributed by atoms with Gasteiger partial charge in [0.1, 0.15) is 0 Å². The van der Waals surface area contributed by atoms with Crippen LogP contribution in [0.1, 0.15) is 16.8 Å². The largest absolute Gasteiger partial charge is 0.478 e. The molecule has 4 bridgehead atoms. The summed E-state index contributed by atoms with van der Waals surface area (Å²) in [6.07, 6.45) is 14.3. The number of aromatic nitrogens is 1. The molecule has 29 heavy (non-hydrogen) atoms. The minimum atomic E-state index is -3.67. The summed E-state index contributed by atoms with van der Waals surface area (Å²) < 4.78 is 27.8. The Balaban J connectivity index is 0.000000362. The Morgan fingerprint density at radius 2 is 1.86 bits per heavy atom. The standard InChI is InChI=1S/C19H14N2O2.CH4O3S.H2O/c22-19(23)17-11-21(18-4-2-1-3-16(17)18)15-9-13-7-12-5-6-20(13)14(8-12)10-15;1-5(2,3)4;/h1-7,9-12H,8H2,(H,22,23);1H3,(H,2,3,4);1H2. The third-order valence-corrected chi connectivity index (χ3v) is 4.73. The van der Waals surface area contributed by atoms with Crippen LogP contribution in [0.15, 0.2) is 72.4 Å². The molecule has 1 aromatic heterocycles. The van der Waals surface area contributed by atoms with Crippen LogP contribution in [-0.4, -0.2) is 45.2 Å². The number of nitrogens with zero attached hydrogens (tertiary/aromatic N) is 2. The number of benzene rings is 1. The van der Waals surface area contributed by atoms with Gasteiger partial charge in [-0.2, -0.15) is 8.42 Å². The zero-order valence-electron chi connectivity index (χ0n) is 15.5. The van der Waals surface area contributed by atoms with Crippen molar-refractivity contribution >= 4 is 32.7 Å². The molecule has 6 rings (SSSR count). The van der Waals surface area contributed by atoms with Gasteiger partial charge in [-0.3, -0.25) is 4.55 Å². The minimum absolute atomic E-state index is 0. The van der Waals surface area contributed by atoms with Crippen LogP contribution in [0.2, 0.25) is 0 Å². The quantitative estimate of drug-likeness (QED) is 0.723. The maximum Gasteiger partial charge on any atom is 0.337 e. The molecule has 9 heteroatoms.